The first kappa shape index (κ1) is 19.0. The Labute approximate surface area is 157 Å². The number of hydrogen-bond acceptors (Lipinski definition) is 4. The van der Waals surface area contributed by atoms with E-state index in [-0.39, 0.29) is 5.91 Å². The SMILES string of the molecule is NCCNC(=O)c1ccc(NC2CCCCC2)c(NC2CCCCC2)c1. The molecule has 0 aromatic heterocycles. The van der Waals surface area contributed by atoms with Gasteiger partial charge in [0.1, 0.15) is 0 Å². The summed E-state index contributed by atoms with van der Waals surface area (Å²) < 4.78 is 0. The van der Waals surface area contributed by atoms with Crippen molar-refractivity contribution in [3.05, 3.63) is 23.8 Å². The van der Waals surface area contributed by atoms with E-state index in [1.54, 1.807) is 0 Å². The van der Waals surface area contributed by atoms with Crippen LogP contribution < -0.4 is 21.7 Å². The van der Waals surface area contributed by atoms with Crippen LogP contribution in [0.1, 0.15) is 74.6 Å². The Kier molecular flexibility index (Phi) is 7.18. The summed E-state index contributed by atoms with van der Waals surface area (Å²) in [5, 5.41) is 10.3. The number of nitrogens with two attached hydrogens (primary N) is 1. The summed E-state index contributed by atoms with van der Waals surface area (Å²) in [5.41, 5.74) is 8.41. The monoisotopic (exact) mass is 358 g/mol. The van der Waals surface area contributed by atoms with Crippen LogP contribution in [0, 0.1) is 0 Å². The molecular weight excluding hydrogens is 324 g/mol. The van der Waals surface area contributed by atoms with Crippen molar-refractivity contribution in [2.24, 2.45) is 5.73 Å². The first-order chi connectivity index (χ1) is 12.8. The van der Waals surface area contributed by atoms with Gasteiger partial charge in [0.15, 0.2) is 0 Å². The lowest BCUT2D eigenvalue weighted by Gasteiger charge is -2.28. The molecule has 2 aliphatic rings. The molecule has 0 radical (unpaired) electrons. The van der Waals surface area contributed by atoms with Gasteiger partial charge >= 0.3 is 0 Å². The zero-order valence-corrected chi connectivity index (χ0v) is 15.9. The average molecular weight is 359 g/mol. The van der Waals surface area contributed by atoms with Crippen molar-refractivity contribution < 1.29 is 4.79 Å². The normalized spacial score (nSPS) is 19.1. The van der Waals surface area contributed by atoms with Crippen molar-refractivity contribution in [1.82, 2.24) is 5.32 Å². The number of carbonyl (C=O) groups is 1. The third-order valence-electron chi connectivity index (χ3n) is 5.64. The van der Waals surface area contributed by atoms with Gasteiger partial charge in [0.05, 0.1) is 11.4 Å². The molecule has 0 saturated heterocycles. The first-order valence-electron chi connectivity index (χ1n) is 10.4. The maximum atomic E-state index is 12.3. The van der Waals surface area contributed by atoms with Crippen molar-refractivity contribution in [3.63, 3.8) is 0 Å². The minimum Gasteiger partial charge on any atom is -0.381 e. The van der Waals surface area contributed by atoms with Crippen molar-refractivity contribution in [1.29, 1.82) is 0 Å². The average Bonchev–Trinajstić information content (AvgIpc) is 2.69. The molecule has 0 atom stereocenters. The van der Waals surface area contributed by atoms with Crippen LogP contribution in [0.25, 0.3) is 0 Å². The summed E-state index contributed by atoms with van der Waals surface area (Å²) in [4.78, 5) is 12.3. The van der Waals surface area contributed by atoms with Crippen molar-refractivity contribution in [2.45, 2.75) is 76.3 Å². The summed E-state index contributed by atoms with van der Waals surface area (Å²) in [6, 6.07) is 7.05. The van der Waals surface area contributed by atoms with Crippen LogP contribution in [0.5, 0.6) is 0 Å². The largest absolute Gasteiger partial charge is 0.381 e. The molecule has 144 valence electrons. The fraction of sp³-hybridized carbons (Fsp3) is 0.667. The number of carbonyl (C=O) groups excluding carboxylic acids is 1. The van der Waals surface area contributed by atoms with E-state index in [2.05, 4.69) is 22.0 Å². The van der Waals surface area contributed by atoms with Crippen molar-refractivity contribution in [2.75, 3.05) is 23.7 Å². The van der Waals surface area contributed by atoms with Gasteiger partial charge in [-0.25, -0.2) is 0 Å². The highest BCUT2D eigenvalue weighted by Gasteiger charge is 2.19. The van der Waals surface area contributed by atoms with Crippen molar-refractivity contribution in [3.8, 4) is 0 Å². The lowest BCUT2D eigenvalue weighted by Crippen LogP contribution is -2.29. The van der Waals surface area contributed by atoms with Crippen molar-refractivity contribution >= 4 is 17.3 Å². The maximum absolute atomic E-state index is 12.3. The molecule has 2 saturated carbocycles. The highest BCUT2D eigenvalue weighted by Crippen LogP contribution is 2.30. The summed E-state index contributed by atoms with van der Waals surface area (Å²) >= 11 is 0. The second-order valence-electron chi connectivity index (χ2n) is 7.76. The number of benzene rings is 1. The second-order valence-corrected chi connectivity index (χ2v) is 7.76. The van der Waals surface area contributed by atoms with Crippen LogP contribution in [0.4, 0.5) is 11.4 Å². The van der Waals surface area contributed by atoms with Gasteiger partial charge in [-0.15, -0.1) is 0 Å². The van der Waals surface area contributed by atoms with Crippen LogP contribution in [0.3, 0.4) is 0 Å². The molecule has 0 bridgehead atoms. The third-order valence-corrected chi connectivity index (χ3v) is 5.64. The van der Waals surface area contributed by atoms with Gasteiger partial charge in [-0.3, -0.25) is 4.79 Å². The summed E-state index contributed by atoms with van der Waals surface area (Å²) in [6.07, 6.45) is 12.8. The lowest BCUT2D eigenvalue weighted by atomic mass is 9.94. The smallest absolute Gasteiger partial charge is 0.251 e. The molecule has 0 heterocycles. The molecule has 5 nitrogen and oxygen atoms in total. The molecule has 0 unspecified atom stereocenters. The number of rotatable bonds is 7. The lowest BCUT2D eigenvalue weighted by molar-refractivity contribution is 0.0955. The third kappa shape index (κ3) is 5.37. The zero-order chi connectivity index (χ0) is 18.2. The molecular formula is C21H34N4O. The number of amides is 1. The van der Waals surface area contributed by atoms with E-state index in [1.165, 1.54) is 64.2 Å². The minimum atomic E-state index is -0.0497. The van der Waals surface area contributed by atoms with E-state index in [1.807, 2.05) is 12.1 Å². The molecule has 1 amide bonds. The standard InChI is InChI=1S/C21H34N4O/c22-13-14-23-21(26)16-11-12-19(24-17-7-3-1-4-8-17)20(15-16)25-18-9-5-2-6-10-18/h11-12,15,17-18,24-25H,1-10,13-14,22H2,(H,23,26). The maximum Gasteiger partial charge on any atom is 0.251 e. The Morgan fingerprint density at radius 3 is 2.04 bits per heavy atom. The minimum absolute atomic E-state index is 0.0497. The Morgan fingerprint density at radius 1 is 0.885 bits per heavy atom. The molecule has 2 fully saturated rings. The zero-order valence-electron chi connectivity index (χ0n) is 15.9. The van der Waals surface area contributed by atoms with E-state index in [9.17, 15) is 4.79 Å². The van der Waals surface area contributed by atoms with Crippen LogP contribution in [0.15, 0.2) is 18.2 Å². The number of anilines is 2. The van der Waals surface area contributed by atoms with E-state index in [4.69, 9.17) is 5.73 Å². The molecule has 26 heavy (non-hydrogen) atoms. The number of nitrogens with one attached hydrogen (secondary N) is 3. The molecule has 5 heteroatoms. The highest BCUT2D eigenvalue weighted by atomic mass is 16.1. The fourth-order valence-electron chi connectivity index (χ4n) is 4.15. The van der Waals surface area contributed by atoms with Gasteiger partial charge in [0.25, 0.3) is 5.91 Å². The van der Waals surface area contributed by atoms with Gasteiger partial charge in [-0.1, -0.05) is 38.5 Å². The highest BCUT2D eigenvalue weighted by molar-refractivity contribution is 5.96. The molecule has 3 rings (SSSR count). The second kappa shape index (κ2) is 9.81. The first-order valence-corrected chi connectivity index (χ1v) is 10.4. The van der Waals surface area contributed by atoms with Gasteiger partial charge in [-0.05, 0) is 43.9 Å². The summed E-state index contributed by atoms with van der Waals surface area (Å²) in [6.45, 7) is 0.965. The quantitative estimate of drug-likeness (QED) is 0.597. The van der Waals surface area contributed by atoms with E-state index >= 15 is 0 Å². The molecule has 5 N–H and O–H groups in total. The van der Waals surface area contributed by atoms with Gasteiger partial charge in [0.2, 0.25) is 0 Å². The fourth-order valence-corrected chi connectivity index (χ4v) is 4.15. The Balaban J connectivity index is 1.75. The van der Waals surface area contributed by atoms with Gasteiger partial charge in [0, 0.05) is 30.7 Å². The predicted molar refractivity (Wildman–Crippen MR) is 109 cm³/mol. The Hall–Kier alpha value is -1.75. The topological polar surface area (TPSA) is 79.2 Å². The van der Waals surface area contributed by atoms with Crippen LogP contribution in [-0.4, -0.2) is 31.1 Å². The Morgan fingerprint density at radius 2 is 1.46 bits per heavy atom. The molecule has 2 aliphatic carbocycles. The number of hydrogen-bond donors (Lipinski definition) is 4. The molecule has 1 aromatic rings. The molecule has 0 aliphatic heterocycles. The Bertz CT molecular complexity index is 577. The summed E-state index contributed by atoms with van der Waals surface area (Å²) in [7, 11) is 0. The van der Waals surface area contributed by atoms with E-state index in [0.717, 1.165) is 11.4 Å². The molecule has 1 aromatic carbocycles. The predicted octanol–water partition coefficient (Wildman–Crippen LogP) is 3.86. The summed E-state index contributed by atoms with van der Waals surface area (Å²) in [5.74, 6) is -0.0497. The molecule has 0 spiro atoms. The van der Waals surface area contributed by atoms with Gasteiger partial charge < -0.3 is 21.7 Å². The van der Waals surface area contributed by atoms with Crippen LogP contribution >= 0.6 is 0 Å². The van der Waals surface area contributed by atoms with Gasteiger partial charge in [-0.2, -0.15) is 0 Å². The van der Waals surface area contributed by atoms with Crippen LogP contribution in [-0.2, 0) is 0 Å². The van der Waals surface area contributed by atoms with Crippen LogP contribution in [0.2, 0.25) is 0 Å². The van der Waals surface area contributed by atoms with E-state index in [0.29, 0.717) is 30.7 Å². The van der Waals surface area contributed by atoms with E-state index < -0.39 is 0 Å².